The first-order valence-electron chi connectivity index (χ1n) is 25.4. The maximum Gasteiger partial charge on any atom is 0.186 e. The van der Waals surface area contributed by atoms with Gasteiger partial charge in [0, 0.05) is 12.0 Å². The molecule has 2 heterocycles. The Hall–Kier alpha value is -0.360. The van der Waals surface area contributed by atoms with Gasteiger partial charge in [0.05, 0.1) is 25.4 Å². The summed E-state index contributed by atoms with van der Waals surface area (Å²) >= 11 is 0. The van der Waals surface area contributed by atoms with Crippen LogP contribution >= 0.6 is 0 Å². The quantitative estimate of drug-likeness (QED) is 0.0353. The Morgan fingerprint density at radius 1 is 0.603 bits per heavy atom. The second-order valence-electron chi connectivity index (χ2n) is 21.1. The molecule has 0 radical (unpaired) electrons. The molecule has 0 aromatic heterocycles. The number of ether oxygens (including phenoxy) is 2. The molecule has 5 aliphatic carbocycles. The molecule has 2 saturated heterocycles. The van der Waals surface area contributed by atoms with Crippen LogP contribution in [-0.4, -0.2) is 99.4 Å². The van der Waals surface area contributed by atoms with Gasteiger partial charge in [0.15, 0.2) is 6.29 Å². The van der Waals surface area contributed by atoms with Crippen LogP contribution in [0.4, 0.5) is 0 Å². The first kappa shape index (κ1) is 45.7. The number of hydrogen-bond acceptors (Lipinski definition) is 9. The van der Waals surface area contributed by atoms with Gasteiger partial charge in [0.1, 0.15) is 24.4 Å². The summed E-state index contributed by atoms with van der Waals surface area (Å²) in [7, 11) is 0. The monoisotopic (exact) mass is 818 g/mol. The number of unbranched alkanes of at least 4 members (excludes halogenated alkanes) is 18. The molecule has 336 valence electrons. The van der Waals surface area contributed by atoms with Crippen LogP contribution in [-0.2, 0) is 9.47 Å². The molecule has 7 aliphatic rings. The summed E-state index contributed by atoms with van der Waals surface area (Å²) in [6.45, 7) is 2.61. The van der Waals surface area contributed by atoms with E-state index in [1.807, 2.05) is 0 Å². The van der Waals surface area contributed by atoms with Crippen LogP contribution in [0, 0.1) is 65.1 Å². The van der Waals surface area contributed by atoms with Crippen LogP contribution < -0.4 is 5.32 Å². The van der Waals surface area contributed by atoms with Crippen molar-refractivity contribution in [1.82, 2.24) is 5.32 Å². The third-order valence-corrected chi connectivity index (χ3v) is 17.6. The lowest BCUT2D eigenvalue weighted by Gasteiger charge is -2.48. The molecule has 2 aliphatic heterocycles. The number of aliphatic hydroxyl groups is 6. The Labute approximate surface area is 352 Å². The topological polar surface area (TPSA) is 152 Å². The molecule has 2 bridgehead atoms. The maximum absolute atomic E-state index is 11.6. The zero-order valence-corrected chi connectivity index (χ0v) is 36.5. The molecule has 0 amide bonds. The summed E-state index contributed by atoms with van der Waals surface area (Å²) in [6.07, 6.45) is 24.4. The molecule has 9 heteroatoms. The van der Waals surface area contributed by atoms with Gasteiger partial charge in [0.25, 0.3) is 0 Å². The highest BCUT2D eigenvalue weighted by atomic mass is 16.7. The largest absolute Gasteiger partial charge is 0.394 e. The summed E-state index contributed by atoms with van der Waals surface area (Å²) in [5.74, 6) is 10.5. The van der Waals surface area contributed by atoms with Gasteiger partial charge in [-0.3, -0.25) is 0 Å². The van der Waals surface area contributed by atoms with Gasteiger partial charge in [0.2, 0.25) is 0 Å². The smallest absolute Gasteiger partial charge is 0.186 e. The fourth-order valence-electron chi connectivity index (χ4n) is 14.8. The van der Waals surface area contributed by atoms with E-state index < -0.39 is 55.4 Å². The predicted molar refractivity (Wildman–Crippen MR) is 228 cm³/mol. The molecule has 58 heavy (non-hydrogen) atoms. The van der Waals surface area contributed by atoms with Crippen LogP contribution in [0.3, 0.4) is 0 Å². The Morgan fingerprint density at radius 3 is 1.81 bits per heavy atom. The van der Waals surface area contributed by atoms with E-state index in [4.69, 9.17) is 9.47 Å². The molecule has 0 aromatic carbocycles. The third kappa shape index (κ3) is 10.4. The zero-order chi connectivity index (χ0) is 40.6. The summed E-state index contributed by atoms with van der Waals surface area (Å²) in [4.78, 5) is 0. The summed E-state index contributed by atoms with van der Waals surface area (Å²) in [5, 5.41) is 67.2. The second kappa shape index (κ2) is 22.3. The van der Waals surface area contributed by atoms with E-state index in [1.54, 1.807) is 19.3 Å². The second-order valence-corrected chi connectivity index (χ2v) is 21.1. The fourth-order valence-corrected chi connectivity index (χ4v) is 14.8. The first-order chi connectivity index (χ1) is 28.3. The van der Waals surface area contributed by atoms with Crippen molar-refractivity contribution in [2.45, 2.75) is 223 Å². The van der Waals surface area contributed by atoms with Crippen molar-refractivity contribution in [1.29, 1.82) is 0 Å². The summed E-state index contributed by atoms with van der Waals surface area (Å²) in [6, 6.07) is -0.0625. The third-order valence-electron chi connectivity index (χ3n) is 17.6. The molecule has 0 aromatic rings. The molecule has 5 saturated carbocycles. The Bertz CT molecular complexity index is 1190. The molecular formula is C49H87NO8. The van der Waals surface area contributed by atoms with E-state index >= 15 is 0 Å². The van der Waals surface area contributed by atoms with Gasteiger partial charge in [-0.25, -0.2) is 0 Å². The normalized spacial score (nSPS) is 40.8. The fraction of sp³-hybridized carbons (Fsp3) is 1.00. The van der Waals surface area contributed by atoms with Crippen molar-refractivity contribution in [2.75, 3.05) is 19.8 Å². The number of fused-ring (bicyclic) bond motifs is 2. The average Bonchev–Trinajstić information content (AvgIpc) is 3.96. The highest BCUT2D eigenvalue weighted by molar-refractivity contribution is 5.27. The number of aliphatic hydroxyl groups excluding tert-OH is 6. The molecule has 19 atom stereocenters. The predicted octanol–water partition coefficient (Wildman–Crippen LogP) is 7.51. The van der Waals surface area contributed by atoms with Crippen LogP contribution in [0.25, 0.3) is 0 Å². The Balaban J connectivity index is 0.765. The van der Waals surface area contributed by atoms with Crippen molar-refractivity contribution in [3.8, 4) is 0 Å². The van der Waals surface area contributed by atoms with Crippen molar-refractivity contribution >= 4 is 0 Å². The zero-order valence-electron chi connectivity index (χ0n) is 36.5. The number of hydrogen-bond donors (Lipinski definition) is 7. The van der Waals surface area contributed by atoms with Crippen LogP contribution in [0.5, 0.6) is 0 Å². The highest BCUT2D eigenvalue weighted by Crippen LogP contribution is 2.84. The summed E-state index contributed by atoms with van der Waals surface area (Å²) < 4.78 is 11.6. The molecule has 0 spiro atoms. The van der Waals surface area contributed by atoms with E-state index in [1.165, 1.54) is 139 Å². The minimum Gasteiger partial charge on any atom is -0.394 e. The lowest BCUT2D eigenvalue weighted by Crippen LogP contribution is -2.59. The minimum atomic E-state index is -1.52. The van der Waals surface area contributed by atoms with E-state index in [0.717, 1.165) is 62.3 Å². The van der Waals surface area contributed by atoms with Gasteiger partial charge >= 0.3 is 0 Å². The lowest BCUT2D eigenvalue weighted by molar-refractivity contribution is -0.305. The van der Waals surface area contributed by atoms with E-state index in [2.05, 4.69) is 12.2 Å². The van der Waals surface area contributed by atoms with E-state index in [0.29, 0.717) is 12.3 Å². The van der Waals surface area contributed by atoms with Gasteiger partial charge in [-0.2, -0.15) is 0 Å². The Morgan fingerprint density at radius 2 is 1.17 bits per heavy atom. The standard InChI is InChI=1S/C49H87NO8/c1-2-3-4-5-6-7-8-9-10-15-18-21-24-39(52)45(53)37(30-57-49-48(56)47(55)46(54)40(29-51)58-49)38-25-31(28-50-38)22-19-16-13-11-12-14-17-20-23-32-41-33-26-36-42(32)44-35(41)27-34(33)43(36)44/h31-56H,2-30H2,1H3/t31?,32?,33?,34?,35?,36?,37-,38?,39-,40?,41?,42?,43?,44?,45+,46?,47?,48?,49?/m1/s1. The van der Waals surface area contributed by atoms with Crippen molar-refractivity contribution in [3.05, 3.63) is 0 Å². The average molecular weight is 818 g/mol. The maximum atomic E-state index is 11.6. The van der Waals surface area contributed by atoms with Crippen LogP contribution in [0.15, 0.2) is 0 Å². The molecule has 9 nitrogen and oxygen atoms in total. The van der Waals surface area contributed by atoms with Gasteiger partial charge in [-0.15, -0.1) is 0 Å². The van der Waals surface area contributed by atoms with Crippen molar-refractivity contribution in [2.24, 2.45) is 65.1 Å². The highest BCUT2D eigenvalue weighted by Gasteiger charge is 2.79. The van der Waals surface area contributed by atoms with E-state index in [9.17, 15) is 30.6 Å². The van der Waals surface area contributed by atoms with Crippen molar-refractivity contribution in [3.63, 3.8) is 0 Å². The van der Waals surface area contributed by atoms with Gasteiger partial charge in [-0.1, -0.05) is 135 Å². The molecule has 7 fully saturated rings. The van der Waals surface area contributed by atoms with Crippen LogP contribution in [0.1, 0.15) is 174 Å². The molecular weight excluding hydrogens is 731 g/mol. The minimum absolute atomic E-state index is 0.00850. The lowest BCUT2D eigenvalue weighted by atomic mass is 9.57. The summed E-state index contributed by atoms with van der Waals surface area (Å²) in [5.41, 5.74) is 0. The molecule has 7 rings (SSSR count). The molecule has 16 unspecified atom stereocenters. The SMILES string of the molecule is CCCCCCCCCCCCCC[C@@H](O)[C@@H](O)[C@H](COC1OC(CO)C(O)C(O)C1O)C1CC(CCCCCCCCCCC2C3C4CC5C6C4CC3C6C25)CN1. The van der Waals surface area contributed by atoms with E-state index in [-0.39, 0.29) is 12.6 Å². The number of rotatable bonds is 31. The van der Waals surface area contributed by atoms with Gasteiger partial charge in [-0.05, 0) is 104 Å². The first-order valence-corrected chi connectivity index (χ1v) is 25.4. The van der Waals surface area contributed by atoms with Crippen LogP contribution in [0.2, 0.25) is 0 Å². The number of nitrogens with one attached hydrogen (secondary N) is 1. The van der Waals surface area contributed by atoms with Gasteiger partial charge < -0.3 is 45.4 Å². The van der Waals surface area contributed by atoms with Crippen molar-refractivity contribution < 1.29 is 40.1 Å². The molecule has 7 N–H and O–H groups in total. The Kier molecular flexibility index (Phi) is 17.6.